The number of carbonyl (C=O) groups is 1. The summed E-state index contributed by atoms with van der Waals surface area (Å²) in [6.45, 7) is 1.89. The first kappa shape index (κ1) is 11.9. The van der Waals surface area contributed by atoms with Crippen molar-refractivity contribution in [2.75, 3.05) is 0 Å². The maximum Gasteiger partial charge on any atom is 0.272 e. The van der Waals surface area contributed by atoms with Crippen molar-refractivity contribution in [1.29, 1.82) is 0 Å². The van der Waals surface area contributed by atoms with Crippen LogP contribution in [0, 0.1) is 12.1 Å². The van der Waals surface area contributed by atoms with Gasteiger partial charge in [0.15, 0.2) is 0 Å². The first-order valence-electron chi connectivity index (χ1n) is 5.83. The van der Waals surface area contributed by atoms with Gasteiger partial charge in [-0.05, 0) is 42.8 Å². The van der Waals surface area contributed by atoms with Gasteiger partial charge in [0.05, 0.1) is 5.56 Å². The second-order valence-corrected chi connectivity index (χ2v) is 4.94. The standard InChI is InChI=1S/C15H10ClNO2/c1-9-2-7-13-12(8-9)15(18)14(17(13)19)10-3-5-11(16)6-4-10/h2-8H,1H3. The Morgan fingerprint density at radius 2 is 1.79 bits per heavy atom. The fraction of sp³-hybridized carbons (Fsp3) is 0.0667. The number of Topliss-reactive ketones (excluding diaryl/α,β-unsaturated/α-hetero) is 1. The van der Waals surface area contributed by atoms with Crippen molar-refractivity contribution < 1.29 is 9.53 Å². The Bertz CT molecular complexity index is 717. The maximum absolute atomic E-state index is 12.3. The summed E-state index contributed by atoms with van der Waals surface area (Å²) in [5.74, 6) is -0.240. The molecule has 0 amide bonds. The molecule has 0 unspecified atom stereocenters. The van der Waals surface area contributed by atoms with Crippen molar-refractivity contribution in [3.8, 4) is 0 Å². The van der Waals surface area contributed by atoms with E-state index in [-0.39, 0.29) is 11.5 Å². The first-order valence-corrected chi connectivity index (χ1v) is 6.21. The van der Waals surface area contributed by atoms with Crippen LogP contribution in [0.2, 0.25) is 5.02 Å². The van der Waals surface area contributed by atoms with Gasteiger partial charge in [-0.2, -0.15) is 4.74 Å². The van der Waals surface area contributed by atoms with Crippen LogP contribution in [-0.4, -0.2) is 16.2 Å². The molecular weight excluding hydrogens is 262 g/mol. The van der Waals surface area contributed by atoms with Crippen molar-refractivity contribution in [3.05, 3.63) is 69.4 Å². The molecule has 1 heterocycles. The molecule has 1 aliphatic rings. The van der Waals surface area contributed by atoms with E-state index in [9.17, 15) is 10.0 Å². The van der Waals surface area contributed by atoms with E-state index in [2.05, 4.69) is 0 Å². The molecule has 2 aromatic carbocycles. The molecule has 0 saturated carbocycles. The summed E-state index contributed by atoms with van der Waals surface area (Å²) in [5, 5.41) is 12.8. The third kappa shape index (κ3) is 1.83. The maximum atomic E-state index is 12.3. The number of rotatable bonds is 1. The summed E-state index contributed by atoms with van der Waals surface area (Å²) < 4.78 is 0.695. The smallest absolute Gasteiger partial charge is 0.272 e. The molecule has 1 aliphatic heterocycles. The second kappa shape index (κ2) is 4.21. The Morgan fingerprint density at radius 3 is 2.47 bits per heavy atom. The number of nitrogens with zero attached hydrogens (tertiary/aromatic N) is 1. The molecule has 19 heavy (non-hydrogen) atoms. The zero-order valence-corrected chi connectivity index (χ0v) is 10.9. The molecule has 4 heteroatoms. The average Bonchev–Trinajstić information content (AvgIpc) is 2.63. The molecule has 0 spiro atoms. The van der Waals surface area contributed by atoms with Crippen LogP contribution in [0.15, 0.2) is 42.5 Å². The number of ketones is 1. The normalized spacial score (nSPS) is 13.9. The van der Waals surface area contributed by atoms with Crippen LogP contribution in [0.5, 0.6) is 0 Å². The number of benzene rings is 2. The molecule has 94 valence electrons. The van der Waals surface area contributed by atoms with Gasteiger partial charge in [-0.15, -0.1) is 0 Å². The van der Waals surface area contributed by atoms with E-state index in [4.69, 9.17) is 11.6 Å². The molecule has 0 bridgehead atoms. The van der Waals surface area contributed by atoms with E-state index in [0.717, 1.165) is 5.56 Å². The Labute approximate surface area is 115 Å². The molecule has 0 saturated heterocycles. The van der Waals surface area contributed by atoms with Crippen LogP contribution in [0.4, 0.5) is 5.69 Å². The summed E-state index contributed by atoms with van der Waals surface area (Å²) >= 11 is 5.82. The summed E-state index contributed by atoms with van der Waals surface area (Å²) in [4.78, 5) is 12.3. The molecule has 2 aromatic rings. The lowest BCUT2D eigenvalue weighted by Crippen LogP contribution is -2.16. The van der Waals surface area contributed by atoms with Crippen molar-refractivity contribution in [2.45, 2.75) is 6.92 Å². The van der Waals surface area contributed by atoms with E-state index in [0.29, 0.717) is 26.6 Å². The summed E-state index contributed by atoms with van der Waals surface area (Å²) in [6.07, 6.45) is 0. The molecule has 0 aromatic heterocycles. The van der Waals surface area contributed by atoms with E-state index in [1.807, 2.05) is 13.0 Å². The summed E-state index contributed by atoms with van der Waals surface area (Å²) in [6, 6.07) is 11.9. The molecule has 0 N–H and O–H groups in total. The van der Waals surface area contributed by atoms with Gasteiger partial charge in [-0.1, -0.05) is 17.7 Å². The topological polar surface area (TPSA) is 43.1 Å². The van der Waals surface area contributed by atoms with Crippen LogP contribution >= 0.6 is 11.6 Å². The molecule has 3 nitrogen and oxygen atoms in total. The van der Waals surface area contributed by atoms with Crippen molar-refractivity contribution in [3.63, 3.8) is 0 Å². The third-order valence-corrected chi connectivity index (χ3v) is 3.40. The van der Waals surface area contributed by atoms with E-state index < -0.39 is 0 Å². The largest absolute Gasteiger partial charge is 0.618 e. The number of hydrogen-bond acceptors (Lipinski definition) is 2. The van der Waals surface area contributed by atoms with E-state index in [1.54, 1.807) is 36.4 Å². The molecule has 0 fully saturated rings. The lowest BCUT2D eigenvalue weighted by molar-refractivity contribution is -0.355. The van der Waals surface area contributed by atoms with E-state index in [1.165, 1.54) is 0 Å². The highest BCUT2D eigenvalue weighted by molar-refractivity contribution is 6.52. The quantitative estimate of drug-likeness (QED) is 0.589. The third-order valence-electron chi connectivity index (χ3n) is 3.15. The van der Waals surface area contributed by atoms with Gasteiger partial charge in [-0.3, -0.25) is 4.79 Å². The van der Waals surface area contributed by atoms with Gasteiger partial charge in [0, 0.05) is 11.1 Å². The van der Waals surface area contributed by atoms with Gasteiger partial charge in [-0.25, -0.2) is 0 Å². The first-order chi connectivity index (χ1) is 9.08. The molecule has 0 radical (unpaired) electrons. The highest BCUT2D eigenvalue weighted by Gasteiger charge is 2.36. The minimum absolute atomic E-state index is 0.150. The Morgan fingerprint density at radius 1 is 1.11 bits per heavy atom. The van der Waals surface area contributed by atoms with Crippen LogP contribution < -0.4 is 0 Å². The van der Waals surface area contributed by atoms with Crippen LogP contribution in [-0.2, 0) is 0 Å². The van der Waals surface area contributed by atoms with Gasteiger partial charge in [0.25, 0.3) is 11.5 Å². The van der Waals surface area contributed by atoms with E-state index >= 15 is 0 Å². The lowest BCUT2D eigenvalue weighted by atomic mass is 10.0. The van der Waals surface area contributed by atoms with Gasteiger partial charge in [0.1, 0.15) is 5.56 Å². The molecule has 0 aliphatic carbocycles. The van der Waals surface area contributed by atoms with Crippen LogP contribution in [0.1, 0.15) is 21.5 Å². The Kier molecular flexibility index (Phi) is 2.64. The highest BCUT2D eigenvalue weighted by atomic mass is 35.5. The Hall–Kier alpha value is -2.13. The number of fused-ring (bicyclic) bond motifs is 1. The second-order valence-electron chi connectivity index (χ2n) is 4.50. The minimum Gasteiger partial charge on any atom is -0.618 e. The van der Waals surface area contributed by atoms with Gasteiger partial charge < -0.3 is 5.21 Å². The fourth-order valence-corrected chi connectivity index (χ4v) is 2.33. The predicted octanol–water partition coefficient (Wildman–Crippen LogP) is 3.48. The Balaban J connectivity index is 2.17. The number of halogens is 1. The average molecular weight is 272 g/mol. The summed E-state index contributed by atoms with van der Waals surface area (Å²) in [7, 11) is 0. The van der Waals surface area contributed by atoms with Gasteiger partial charge in [0.2, 0.25) is 5.69 Å². The summed E-state index contributed by atoms with van der Waals surface area (Å²) in [5.41, 5.74) is 2.55. The SMILES string of the molecule is Cc1ccc2c(c1)C(=O)C(c1ccc(Cl)cc1)=[N+]2[O-]. The monoisotopic (exact) mass is 271 g/mol. The molecular formula is C15H10ClNO2. The number of carbonyl (C=O) groups excluding carboxylic acids is 1. The van der Waals surface area contributed by atoms with Crippen LogP contribution in [0.25, 0.3) is 0 Å². The number of aryl methyl sites for hydroxylation is 1. The number of hydrogen-bond donors (Lipinski definition) is 0. The highest BCUT2D eigenvalue weighted by Crippen LogP contribution is 2.29. The van der Waals surface area contributed by atoms with Crippen molar-refractivity contribution >= 4 is 28.8 Å². The van der Waals surface area contributed by atoms with Gasteiger partial charge >= 0.3 is 0 Å². The predicted molar refractivity (Wildman–Crippen MR) is 74.4 cm³/mol. The fourth-order valence-electron chi connectivity index (χ4n) is 2.21. The van der Waals surface area contributed by atoms with Crippen molar-refractivity contribution in [1.82, 2.24) is 0 Å². The minimum atomic E-state index is -0.240. The van der Waals surface area contributed by atoms with Crippen molar-refractivity contribution in [2.24, 2.45) is 0 Å². The van der Waals surface area contributed by atoms with Crippen LogP contribution in [0.3, 0.4) is 0 Å². The lowest BCUT2D eigenvalue weighted by Gasteiger charge is -2.02. The molecule has 0 atom stereocenters. The molecule has 3 rings (SSSR count). The zero-order valence-electron chi connectivity index (χ0n) is 10.2. The zero-order chi connectivity index (χ0) is 13.6.